The van der Waals surface area contributed by atoms with Gasteiger partial charge in [-0.2, -0.15) is 5.10 Å². The fourth-order valence-corrected chi connectivity index (χ4v) is 3.77. The number of aromatic nitrogens is 2. The van der Waals surface area contributed by atoms with Gasteiger partial charge in [0.2, 0.25) is 5.91 Å². The Kier molecular flexibility index (Phi) is 7.48. The summed E-state index contributed by atoms with van der Waals surface area (Å²) in [5, 5.41) is 10.1. The van der Waals surface area contributed by atoms with E-state index in [0.29, 0.717) is 24.0 Å². The van der Waals surface area contributed by atoms with Crippen LogP contribution >= 0.6 is 0 Å². The molecule has 3 amide bonds. The second-order valence-electron chi connectivity index (χ2n) is 9.02. The number of rotatable bonds is 9. The highest BCUT2D eigenvalue weighted by Crippen LogP contribution is 2.28. The Balaban J connectivity index is 1.72. The molecule has 0 saturated carbocycles. The van der Waals surface area contributed by atoms with Crippen LogP contribution in [0.15, 0.2) is 24.3 Å². The van der Waals surface area contributed by atoms with E-state index < -0.39 is 11.4 Å². The SMILES string of the molecule is COc1ccc(CNC(=O)c2cc3n(n2)C[C@](C)(C(=O)NCCC(C)C)N(C)C3=O)cc1OC. The summed E-state index contributed by atoms with van der Waals surface area (Å²) in [6, 6.07) is 6.82. The van der Waals surface area contributed by atoms with Crippen molar-refractivity contribution in [3.05, 3.63) is 41.2 Å². The molecule has 10 heteroatoms. The van der Waals surface area contributed by atoms with Crippen LogP contribution in [0.1, 0.15) is 53.7 Å². The van der Waals surface area contributed by atoms with E-state index in [1.165, 1.54) is 15.6 Å². The summed E-state index contributed by atoms with van der Waals surface area (Å²) in [6.45, 7) is 6.79. The lowest BCUT2D eigenvalue weighted by atomic mass is 9.95. The molecule has 0 bridgehead atoms. The zero-order valence-corrected chi connectivity index (χ0v) is 20.6. The predicted molar refractivity (Wildman–Crippen MR) is 126 cm³/mol. The summed E-state index contributed by atoms with van der Waals surface area (Å²) in [5.74, 6) is 0.584. The molecule has 0 aliphatic carbocycles. The van der Waals surface area contributed by atoms with Crippen LogP contribution in [0.3, 0.4) is 0 Å². The number of fused-ring (bicyclic) bond motifs is 1. The van der Waals surface area contributed by atoms with Crippen LogP contribution in [-0.4, -0.2) is 65.8 Å². The second kappa shape index (κ2) is 10.1. The largest absolute Gasteiger partial charge is 0.493 e. The monoisotopic (exact) mass is 471 g/mol. The first-order valence-corrected chi connectivity index (χ1v) is 11.2. The summed E-state index contributed by atoms with van der Waals surface area (Å²) in [7, 11) is 4.69. The summed E-state index contributed by atoms with van der Waals surface area (Å²) >= 11 is 0. The highest BCUT2D eigenvalue weighted by atomic mass is 16.5. The predicted octanol–water partition coefficient (Wildman–Crippen LogP) is 1.84. The van der Waals surface area contributed by atoms with Gasteiger partial charge in [-0.1, -0.05) is 19.9 Å². The van der Waals surface area contributed by atoms with Gasteiger partial charge in [0.05, 0.1) is 20.8 Å². The number of carbonyl (C=O) groups excluding carboxylic acids is 3. The van der Waals surface area contributed by atoms with Crippen molar-refractivity contribution in [2.45, 2.75) is 45.8 Å². The average molecular weight is 472 g/mol. The third-order valence-electron chi connectivity index (χ3n) is 6.13. The van der Waals surface area contributed by atoms with Crippen molar-refractivity contribution < 1.29 is 23.9 Å². The first kappa shape index (κ1) is 25.1. The third-order valence-corrected chi connectivity index (χ3v) is 6.13. The van der Waals surface area contributed by atoms with Crippen molar-refractivity contribution >= 4 is 17.7 Å². The number of nitrogens with one attached hydrogen (secondary N) is 2. The lowest BCUT2D eigenvalue weighted by molar-refractivity contribution is -0.132. The Hall–Kier alpha value is -3.56. The van der Waals surface area contributed by atoms with E-state index in [2.05, 4.69) is 29.6 Å². The van der Waals surface area contributed by atoms with Crippen LogP contribution in [0.5, 0.6) is 11.5 Å². The van der Waals surface area contributed by atoms with E-state index in [1.807, 2.05) is 6.07 Å². The molecule has 1 aromatic heterocycles. The number of likely N-dealkylation sites (N-methyl/N-ethyl adjacent to an activating group) is 1. The zero-order valence-electron chi connectivity index (χ0n) is 20.6. The van der Waals surface area contributed by atoms with Gasteiger partial charge in [-0.05, 0) is 37.0 Å². The van der Waals surface area contributed by atoms with E-state index in [0.717, 1.165) is 12.0 Å². The molecule has 1 aliphatic rings. The molecule has 2 N–H and O–H groups in total. The van der Waals surface area contributed by atoms with Gasteiger partial charge in [0.15, 0.2) is 17.2 Å². The molecule has 1 atom stereocenters. The van der Waals surface area contributed by atoms with Gasteiger partial charge in [0, 0.05) is 26.2 Å². The van der Waals surface area contributed by atoms with Crippen molar-refractivity contribution in [2.24, 2.45) is 5.92 Å². The maximum absolute atomic E-state index is 13.0. The minimum atomic E-state index is -1.11. The van der Waals surface area contributed by atoms with Gasteiger partial charge in [-0.3, -0.25) is 19.1 Å². The highest BCUT2D eigenvalue weighted by Gasteiger charge is 2.46. The lowest BCUT2D eigenvalue weighted by Gasteiger charge is -2.40. The summed E-state index contributed by atoms with van der Waals surface area (Å²) < 4.78 is 12.0. The van der Waals surface area contributed by atoms with Crippen LogP contribution in [0.4, 0.5) is 0 Å². The number of carbonyl (C=O) groups is 3. The second-order valence-corrected chi connectivity index (χ2v) is 9.02. The fourth-order valence-electron chi connectivity index (χ4n) is 3.77. The summed E-state index contributed by atoms with van der Waals surface area (Å²) in [4.78, 5) is 40.1. The van der Waals surface area contributed by atoms with Crippen LogP contribution in [0.25, 0.3) is 0 Å². The molecule has 34 heavy (non-hydrogen) atoms. The number of hydrogen-bond donors (Lipinski definition) is 2. The van der Waals surface area contributed by atoms with Crippen molar-refractivity contribution in [3.63, 3.8) is 0 Å². The fraction of sp³-hybridized carbons (Fsp3) is 0.500. The number of nitrogens with zero attached hydrogens (tertiary/aromatic N) is 3. The molecular formula is C24H33N5O5. The quantitative estimate of drug-likeness (QED) is 0.577. The summed E-state index contributed by atoms with van der Waals surface area (Å²) in [5.41, 5.74) is 0.0878. The average Bonchev–Trinajstić information content (AvgIpc) is 3.24. The zero-order chi connectivity index (χ0) is 25.0. The van der Waals surface area contributed by atoms with Gasteiger partial charge in [0.1, 0.15) is 11.2 Å². The van der Waals surface area contributed by atoms with Crippen LogP contribution < -0.4 is 20.1 Å². The van der Waals surface area contributed by atoms with Gasteiger partial charge in [0.25, 0.3) is 11.8 Å². The topological polar surface area (TPSA) is 115 Å². The number of amides is 3. The van der Waals surface area contributed by atoms with Crippen molar-refractivity contribution in [1.29, 1.82) is 0 Å². The van der Waals surface area contributed by atoms with E-state index in [4.69, 9.17) is 9.47 Å². The van der Waals surface area contributed by atoms with Crippen LogP contribution in [0.2, 0.25) is 0 Å². The molecular weight excluding hydrogens is 438 g/mol. The molecule has 2 aromatic rings. The minimum Gasteiger partial charge on any atom is -0.493 e. The van der Waals surface area contributed by atoms with E-state index in [9.17, 15) is 14.4 Å². The molecule has 10 nitrogen and oxygen atoms in total. The van der Waals surface area contributed by atoms with Gasteiger partial charge >= 0.3 is 0 Å². The summed E-state index contributed by atoms with van der Waals surface area (Å²) in [6.07, 6.45) is 0.844. The van der Waals surface area contributed by atoms with Gasteiger partial charge in [-0.25, -0.2) is 0 Å². The smallest absolute Gasteiger partial charge is 0.272 e. The molecule has 0 spiro atoms. The lowest BCUT2D eigenvalue weighted by Crippen LogP contribution is -2.62. The number of hydrogen-bond acceptors (Lipinski definition) is 6. The first-order valence-electron chi connectivity index (χ1n) is 11.2. The Bertz CT molecular complexity index is 1080. The van der Waals surface area contributed by atoms with Gasteiger partial charge < -0.3 is 25.0 Å². The van der Waals surface area contributed by atoms with Crippen molar-refractivity contribution in [2.75, 3.05) is 27.8 Å². The van der Waals surface area contributed by atoms with E-state index in [1.54, 1.807) is 40.3 Å². The molecule has 1 aliphatic heterocycles. The molecule has 0 unspecified atom stereocenters. The maximum atomic E-state index is 13.0. The normalized spacial score (nSPS) is 17.4. The number of benzene rings is 1. The van der Waals surface area contributed by atoms with Crippen LogP contribution in [-0.2, 0) is 17.9 Å². The Morgan fingerprint density at radius 1 is 1.15 bits per heavy atom. The van der Waals surface area contributed by atoms with E-state index >= 15 is 0 Å². The molecule has 2 heterocycles. The maximum Gasteiger partial charge on any atom is 0.272 e. The highest BCUT2D eigenvalue weighted by molar-refractivity contribution is 6.01. The Labute approximate surface area is 199 Å². The Morgan fingerprint density at radius 3 is 2.50 bits per heavy atom. The minimum absolute atomic E-state index is 0.113. The molecule has 3 rings (SSSR count). The van der Waals surface area contributed by atoms with E-state index in [-0.39, 0.29) is 36.3 Å². The van der Waals surface area contributed by atoms with Crippen molar-refractivity contribution in [3.8, 4) is 11.5 Å². The third kappa shape index (κ3) is 5.00. The van der Waals surface area contributed by atoms with Crippen molar-refractivity contribution in [1.82, 2.24) is 25.3 Å². The number of ether oxygens (including phenoxy) is 2. The van der Waals surface area contributed by atoms with Gasteiger partial charge in [-0.15, -0.1) is 0 Å². The number of methoxy groups -OCH3 is 2. The molecule has 0 fully saturated rings. The molecule has 184 valence electrons. The first-order chi connectivity index (χ1) is 16.1. The molecule has 0 radical (unpaired) electrons. The standard InChI is InChI=1S/C24H33N5O5/c1-15(2)9-10-25-23(32)24(3)14-29-18(22(31)28(24)4)12-17(27-29)21(30)26-13-16-7-8-19(33-5)20(11-16)34-6/h7-8,11-12,15H,9-10,13-14H2,1-6H3,(H,25,32)(H,26,30)/t24-/m1/s1. The Morgan fingerprint density at radius 2 is 1.85 bits per heavy atom. The van der Waals surface area contributed by atoms with Crippen LogP contribution in [0, 0.1) is 5.92 Å². The molecule has 0 saturated heterocycles. The molecule has 1 aromatic carbocycles.